The number of thiazole rings is 2. The highest BCUT2D eigenvalue weighted by Gasteiger charge is 2.15. The number of hydrogen-bond acceptors (Lipinski definition) is 6. The number of benzene rings is 2. The van der Waals surface area contributed by atoms with Gasteiger partial charge in [0, 0.05) is 0 Å². The van der Waals surface area contributed by atoms with Crippen LogP contribution in [-0.2, 0) is 6.54 Å². The predicted molar refractivity (Wildman–Crippen MR) is 108 cm³/mol. The Hall–Kier alpha value is -3.03. The van der Waals surface area contributed by atoms with Gasteiger partial charge in [0.15, 0.2) is 16.5 Å². The van der Waals surface area contributed by atoms with Crippen LogP contribution in [0.5, 0.6) is 0 Å². The normalized spacial score (nSPS) is 11.3. The van der Waals surface area contributed by atoms with E-state index in [1.165, 1.54) is 0 Å². The number of rotatable bonds is 4. The molecule has 5 nitrogen and oxygen atoms in total. The zero-order valence-electron chi connectivity index (χ0n) is 14.0. The quantitative estimate of drug-likeness (QED) is 0.463. The number of amides is 1. The molecule has 0 bridgehead atoms. The van der Waals surface area contributed by atoms with Crippen molar-refractivity contribution in [3.05, 3.63) is 71.4 Å². The van der Waals surface area contributed by atoms with Crippen LogP contribution in [0.1, 0.15) is 15.6 Å². The summed E-state index contributed by atoms with van der Waals surface area (Å²) in [4.78, 5) is 21.5. The summed E-state index contributed by atoms with van der Waals surface area (Å²) < 4.78 is 7.93. The molecule has 2 aromatic carbocycles. The van der Waals surface area contributed by atoms with E-state index in [9.17, 15) is 4.79 Å². The largest absolute Gasteiger partial charge is 0.448 e. The number of para-hydroxylation sites is 2. The van der Waals surface area contributed by atoms with E-state index in [0.717, 1.165) is 30.4 Å². The van der Waals surface area contributed by atoms with Crippen LogP contribution in [0.2, 0.25) is 0 Å². The summed E-state index contributed by atoms with van der Waals surface area (Å²) in [7, 11) is 0. The molecule has 132 valence electrons. The molecule has 27 heavy (non-hydrogen) atoms. The molecule has 0 saturated carbocycles. The average molecular weight is 391 g/mol. The Kier molecular flexibility index (Phi) is 3.95. The molecule has 0 aliphatic rings. The Balaban J connectivity index is 1.32. The van der Waals surface area contributed by atoms with E-state index in [1.807, 2.05) is 48.5 Å². The first-order valence-corrected chi connectivity index (χ1v) is 9.98. The van der Waals surface area contributed by atoms with Crippen LogP contribution in [0.3, 0.4) is 0 Å². The van der Waals surface area contributed by atoms with Crippen molar-refractivity contribution in [2.24, 2.45) is 0 Å². The lowest BCUT2D eigenvalue weighted by atomic mass is 10.3. The van der Waals surface area contributed by atoms with Crippen molar-refractivity contribution in [2.45, 2.75) is 6.54 Å². The average Bonchev–Trinajstić information content (AvgIpc) is 3.42. The Morgan fingerprint density at radius 2 is 1.59 bits per heavy atom. The van der Waals surface area contributed by atoms with Gasteiger partial charge in [0.2, 0.25) is 0 Å². The lowest BCUT2D eigenvalue weighted by molar-refractivity contribution is 0.0924. The standard InChI is InChI=1S/C20H13N3O2S2/c24-19(21-11-18-22-12-5-1-3-7-16(12)26-18)14-9-10-15(25-14)20-23-13-6-2-4-8-17(13)27-20/h1-10H,11H2,(H,21,24). The fourth-order valence-corrected chi connectivity index (χ4v) is 4.63. The molecule has 0 aliphatic heterocycles. The van der Waals surface area contributed by atoms with Gasteiger partial charge < -0.3 is 9.73 Å². The maximum absolute atomic E-state index is 12.4. The molecule has 0 radical (unpaired) electrons. The first kappa shape index (κ1) is 16.2. The summed E-state index contributed by atoms with van der Waals surface area (Å²) in [5.41, 5.74) is 1.87. The molecule has 0 fully saturated rings. The number of carbonyl (C=O) groups is 1. The van der Waals surface area contributed by atoms with E-state index in [4.69, 9.17) is 4.42 Å². The third-order valence-electron chi connectivity index (χ3n) is 4.07. The molecular formula is C20H13N3O2S2. The maximum atomic E-state index is 12.4. The summed E-state index contributed by atoms with van der Waals surface area (Å²) >= 11 is 3.12. The van der Waals surface area contributed by atoms with Crippen molar-refractivity contribution in [2.75, 3.05) is 0 Å². The van der Waals surface area contributed by atoms with Crippen molar-refractivity contribution < 1.29 is 9.21 Å². The third-order valence-corrected chi connectivity index (χ3v) is 6.16. The van der Waals surface area contributed by atoms with Crippen LogP contribution in [-0.4, -0.2) is 15.9 Å². The molecule has 7 heteroatoms. The minimum Gasteiger partial charge on any atom is -0.448 e. The van der Waals surface area contributed by atoms with Crippen molar-refractivity contribution in [1.29, 1.82) is 0 Å². The van der Waals surface area contributed by atoms with E-state index >= 15 is 0 Å². The second kappa shape index (κ2) is 6.61. The molecule has 1 amide bonds. The van der Waals surface area contributed by atoms with E-state index in [0.29, 0.717) is 12.3 Å². The Morgan fingerprint density at radius 1 is 0.889 bits per heavy atom. The topological polar surface area (TPSA) is 68.0 Å². The molecular weight excluding hydrogens is 378 g/mol. The molecule has 0 atom stereocenters. The van der Waals surface area contributed by atoms with Gasteiger partial charge in [0.25, 0.3) is 5.91 Å². The number of fused-ring (bicyclic) bond motifs is 2. The SMILES string of the molecule is O=C(NCc1nc2ccccc2s1)c1ccc(-c2nc3ccccc3s2)o1. The number of nitrogens with one attached hydrogen (secondary N) is 1. The Labute approximate surface area is 162 Å². The molecule has 3 heterocycles. The van der Waals surface area contributed by atoms with Gasteiger partial charge in [-0.1, -0.05) is 24.3 Å². The van der Waals surface area contributed by atoms with Crippen molar-refractivity contribution in [1.82, 2.24) is 15.3 Å². The Bertz CT molecular complexity index is 1200. The second-order valence-corrected chi connectivity index (χ2v) is 8.05. The minimum absolute atomic E-state index is 0.262. The highest BCUT2D eigenvalue weighted by Crippen LogP contribution is 2.31. The summed E-state index contributed by atoms with van der Waals surface area (Å²) in [6, 6.07) is 19.3. The van der Waals surface area contributed by atoms with Gasteiger partial charge in [0.05, 0.1) is 27.0 Å². The molecule has 0 saturated heterocycles. The maximum Gasteiger partial charge on any atom is 0.287 e. The molecule has 0 aliphatic carbocycles. The van der Waals surface area contributed by atoms with Crippen molar-refractivity contribution in [3.8, 4) is 10.8 Å². The van der Waals surface area contributed by atoms with Crippen molar-refractivity contribution in [3.63, 3.8) is 0 Å². The second-order valence-electron chi connectivity index (χ2n) is 5.91. The van der Waals surface area contributed by atoms with Crippen LogP contribution in [0.25, 0.3) is 31.2 Å². The van der Waals surface area contributed by atoms with Crippen LogP contribution in [0.15, 0.2) is 65.1 Å². The van der Waals surface area contributed by atoms with E-state index in [2.05, 4.69) is 15.3 Å². The third kappa shape index (κ3) is 3.11. The van der Waals surface area contributed by atoms with Gasteiger partial charge in [-0.15, -0.1) is 22.7 Å². The predicted octanol–water partition coefficient (Wildman–Crippen LogP) is 5.10. The number of carbonyl (C=O) groups excluding carboxylic acids is 1. The lowest BCUT2D eigenvalue weighted by Gasteiger charge is -1.99. The highest BCUT2D eigenvalue weighted by atomic mass is 32.1. The summed E-state index contributed by atoms with van der Waals surface area (Å²) in [6.45, 7) is 0.370. The van der Waals surface area contributed by atoms with Gasteiger partial charge in [0.1, 0.15) is 5.01 Å². The number of furan rings is 1. The van der Waals surface area contributed by atoms with E-state index < -0.39 is 0 Å². The first-order valence-electron chi connectivity index (χ1n) is 8.35. The summed E-state index contributed by atoms with van der Waals surface area (Å²) in [5.74, 6) is 0.605. The van der Waals surface area contributed by atoms with E-state index in [-0.39, 0.29) is 11.7 Å². The van der Waals surface area contributed by atoms with Gasteiger partial charge in [-0.2, -0.15) is 0 Å². The molecule has 5 rings (SSSR count). The summed E-state index contributed by atoms with van der Waals surface area (Å²) in [5, 5.41) is 4.49. The zero-order valence-corrected chi connectivity index (χ0v) is 15.6. The number of hydrogen-bond donors (Lipinski definition) is 1. The fourth-order valence-electron chi connectivity index (χ4n) is 2.79. The first-order chi connectivity index (χ1) is 13.3. The molecule has 5 aromatic rings. The van der Waals surface area contributed by atoms with Gasteiger partial charge >= 0.3 is 0 Å². The van der Waals surface area contributed by atoms with Crippen LogP contribution in [0, 0.1) is 0 Å². The van der Waals surface area contributed by atoms with Crippen LogP contribution in [0.4, 0.5) is 0 Å². The fraction of sp³-hybridized carbons (Fsp3) is 0.0500. The summed E-state index contributed by atoms with van der Waals surface area (Å²) in [6.07, 6.45) is 0. The van der Waals surface area contributed by atoms with E-state index in [1.54, 1.807) is 34.8 Å². The molecule has 3 aromatic heterocycles. The minimum atomic E-state index is -0.262. The highest BCUT2D eigenvalue weighted by molar-refractivity contribution is 7.21. The number of aromatic nitrogens is 2. The van der Waals surface area contributed by atoms with Gasteiger partial charge in [-0.05, 0) is 36.4 Å². The van der Waals surface area contributed by atoms with Gasteiger partial charge in [-0.25, -0.2) is 9.97 Å². The van der Waals surface area contributed by atoms with Crippen LogP contribution >= 0.6 is 22.7 Å². The van der Waals surface area contributed by atoms with Crippen LogP contribution < -0.4 is 5.32 Å². The molecule has 1 N–H and O–H groups in total. The zero-order chi connectivity index (χ0) is 18.2. The monoisotopic (exact) mass is 391 g/mol. The smallest absolute Gasteiger partial charge is 0.287 e. The molecule has 0 spiro atoms. The van der Waals surface area contributed by atoms with Crippen molar-refractivity contribution >= 4 is 49.0 Å². The lowest BCUT2D eigenvalue weighted by Crippen LogP contribution is -2.22. The molecule has 0 unspecified atom stereocenters. The Morgan fingerprint density at radius 3 is 2.33 bits per heavy atom. The number of nitrogens with zero attached hydrogens (tertiary/aromatic N) is 2. The van der Waals surface area contributed by atoms with Gasteiger partial charge in [-0.3, -0.25) is 4.79 Å².